The van der Waals surface area contributed by atoms with Crippen molar-refractivity contribution in [1.29, 1.82) is 0 Å². The zero-order chi connectivity index (χ0) is 17.5. The molecule has 6 heteroatoms. The van der Waals surface area contributed by atoms with Gasteiger partial charge in [-0.05, 0) is 42.5 Å². The lowest BCUT2D eigenvalue weighted by atomic mass is 10.1. The van der Waals surface area contributed by atoms with Gasteiger partial charge in [0.1, 0.15) is 11.4 Å². The Morgan fingerprint density at radius 2 is 1.85 bits per heavy atom. The summed E-state index contributed by atoms with van der Waals surface area (Å²) in [5.41, 5.74) is 2.52. The molecule has 1 N–H and O–H groups in total. The summed E-state index contributed by atoms with van der Waals surface area (Å²) in [4.78, 5) is 0. The van der Waals surface area contributed by atoms with Crippen LogP contribution in [0.5, 0.6) is 23.0 Å². The van der Waals surface area contributed by atoms with Gasteiger partial charge in [-0.25, -0.2) is 4.39 Å². The van der Waals surface area contributed by atoms with Crippen molar-refractivity contribution >= 4 is 10.9 Å². The van der Waals surface area contributed by atoms with Gasteiger partial charge >= 0.3 is 0 Å². The standard InChI is InChI=1S/C20H13FN2O3/c21-15-3-1-2-4-17(15)26-13-6-7-14-16(10-13)22-23-20(14)12-5-8-18-19(9-12)25-11-24-18/h1-10H,11H2,(H,22,23). The molecule has 1 aliphatic rings. The average molecular weight is 348 g/mol. The topological polar surface area (TPSA) is 56.4 Å². The highest BCUT2D eigenvalue weighted by Crippen LogP contribution is 2.38. The third kappa shape index (κ3) is 2.43. The van der Waals surface area contributed by atoms with Crippen molar-refractivity contribution in [2.45, 2.75) is 0 Å². The first-order valence-electron chi connectivity index (χ1n) is 8.08. The lowest BCUT2D eigenvalue weighted by Gasteiger charge is -2.06. The molecule has 1 aromatic heterocycles. The Morgan fingerprint density at radius 1 is 0.962 bits per heavy atom. The number of aromatic amines is 1. The van der Waals surface area contributed by atoms with E-state index in [9.17, 15) is 4.39 Å². The fourth-order valence-electron chi connectivity index (χ4n) is 2.98. The van der Waals surface area contributed by atoms with Crippen LogP contribution in [0.4, 0.5) is 4.39 Å². The third-order valence-electron chi connectivity index (χ3n) is 4.24. The fourth-order valence-corrected chi connectivity index (χ4v) is 2.98. The van der Waals surface area contributed by atoms with Gasteiger partial charge in [-0.1, -0.05) is 12.1 Å². The number of nitrogens with one attached hydrogen (secondary N) is 1. The van der Waals surface area contributed by atoms with Crippen LogP contribution in [0.1, 0.15) is 0 Å². The van der Waals surface area contributed by atoms with E-state index in [0.29, 0.717) is 11.5 Å². The maximum Gasteiger partial charge on any atom is 0.231 e. The lowest BCUT2D eigenvalue weighted by molar-refractivity contribution is 0.174. The Balaban J connectivity index is 1.51. The largest absolute Gasteiger partial charge is 0.454 e. The summed E-state index contributed by atoms with van der Waals surface area (Å²) in [5, 5.41) is 8.34. The van der Waals surface area contributed by atoms with Crippen LogP contribution in [0.15, 0.2) is 60.7 Å². The Morgan fingerprint density at radius 3 is 2.77 bits per heavy atom. The number of rotatable bonds is 3. The second-order valence-corrected chi connectivity index (χ2v) is 5.88. The predicted molar refractivity (Wildman–Crippen MR) is 94.1 cm³/mol. The molecule has 5 rings (SSSR count). The zero-order valence-electron chi connectivity index (χ0n) is 13.5. The fraction of sp³-hybridized carbons (Fsp3) is 0.0500. The summed E-state index contributed by atoms with van der Waals surface area (Å²) in [6.07, 6.45) is 0. The molecule has 0 bridgehead atoms. The van der Waals surface area contributed by atoms with Crippen LogP contribution in [0, 0.1) is 5.82 Å². The second-order valence-electron chi connectivity index (χ2n) is 5.88. The van der Waals surface area contributed by atoms with Crippen molar-refractivity contribution < 1.29 is 18.6 Å². The molecule has 5 nitrogen and oxygen atoms in total. The van der Waals surface area contributed by atoms with Crippen LogP contribution in [0.3, 0.4) is 0 Å². The van der Waals surface area contributed by atoms with Crippen LogP contribution in [-0.4, -0.2) is 17.0 Å². The van der Waals surface area contributed by atoms with E-state index < -0.39 is 5.82 Å². The number of para-hydroxylation sites is 1. The molecule has 128 valence electrons. The summed E-state index contributed by atoms with van der Waals surface area (Å²) in [6, 6.07) is 17.5. The molecule has 0 atom stereocenters. The van der Waals surface area contributed by atoms with Gasteiger partial charge in [-0.15, -0.1) is 0 Å². The minimum atomic E-state index is -0.404. The maximum absolute atomic E-state index is 13.8. The first kappa shape index (κ1) is 14.8. The van der Waals surface area contributed by atoms with Gasteiger partial charge in [-0.3, -0.25) is 5.10 Å². The number of ether oxygens (including phenoxy) is 3. The molecule has 0 amide bonds. The number of hydrogen-bond acceptors (Lipinski definition) is 4. The predicted octanol–water partition coefficient (Wildman–Crippen LogP) is 4.89. The zero-order valence-corrected chi connectivity index (χ0v) is 13.5. The van der Waals surface area contributed by atoms with Crippen LogP contribution in [0.2, 0.25) is 0 Å². The third-order valence-corrected chi connectivity index (χ3v) is 4.24. The van der Waals surface area contributed by atoms with E-state index in [0.717, 1.165) is 27.9 Å². The number of aromatic nitrogens is 2. The van der Waals surface area contributed by atoms with Crippen LogP contribution < -0.4 is 14.2 Å². The highest BCUT2D eigenvalue weighted by atomic mass is 19.1. The smallest absolute Gasteiger partial charge is 0.231 e. The number of halogens is 1. The van der Waals surface area contributed by atoms with E-state index in [1.54, 1.807) is 30.3 Å². The Bertz CT molecular complexity index is 1120. The molecule has 0 spiro atoms. The highest BCUT2D eigenvalue weighted by Gasteiger charge is 2.16. The van der Waals surface area contributed by atoms with E-state index in [2.05, 4.69) is 10.2 Å². The molecule has 0 unspecified atom stereocenters. The summed E-state index contributed by atoms with van der Waals surface area (Å²) in [7, 11) is 0. The van der Waals surface area contributed by atoms with Gasteiger partial charge in [0.05, 0.1) is 5.52 Å². The molecule has 26 heavy (non-hydrogen) atoms. The van der Waals surface area contributed by atoms with Gasteiger partial charge < -0.3 is 14.2 Å². The number of fused-ring (bicyclic) bond motifs is 2. The van der Waals surface area contributed by atoms with E-state index >= 15 is 0 Å². The molecule has 2 heterocycles. The average Bonchev–Trinajstić information content (AvgIpc) is 3.29. The van der Waals surface area contributed by atoms with Crippen LogP contribution in [0.25, 0.3) is 22.2 Å². The Kier molecular flexibility index (Phi) is 3.28. The van der Waals surface area contributed by atoms with Crippen molar-refractivity contribution in [2.24, 2.45) is 0 Å². The van der Waals surface area contributed by atoms with Gasteiger partial charge in [0.25, 0.3) is 0 Å². The minimum Gasteiger partial charge on any atom is -0.454 e. The van der Waals surface area contributed by atoms with Crippen molar-refractivity contribution in [3.05, 3.63) is 66.5 Å². The SMILES string of the molecule is Fc1ccccc1Oc1ccc2c(-c3ccc4c(c3)OCO4)n[nH]c2c1. The minimum absolute atomic E-state index is 0.183. The molecular weight excluding hydrogens is 335 g/mol. The number of H-pyrrole nitrogens is 1. The second kappa shape index (κ2) is 5.77. The van der Waals surface area contributed by atoms with E-state index in [1.165, 1.54) is 6.07 Å². The molecule has 1 aliphatic heterocycles. The van der Waals surface area contributed by atoms with Crippen molar-refractivity contribution in [3.8, 4) is 34.3 Å². The first-order chi connectivity index (χ1) is 12.8. The molecule has 0 saturated carbocycles. The molecular formula is C20H13FN2O3. The quantitative estimate of drug-likeness (QED) is 0.573. The van der Waals surface area contributed by atoms with Gasteiger partial charge in [0.15, 0.2) is 23.1 Å². The van der Waals surface area contributed by atoms with E-state index in [-0.39, 0.29) is 12.5 Å². The van der Waals surface area contributed by atoms with Gasteiger partial charge in [-0.2, -0.15) is 5.10 Å². The summed E-state index contributed by atoms with van der Waals surface area (Å²) >= 11 is 0. The summed E-state index contributed by atoms with van der Waals surface area (Å²) in [5.74, 6) is 1.75. The summed E-state index contributed by atoms with van der Waals surface area (Å²) in [6.45, 7) is 0.233. The van der Waals surface area contributed by atoms with Crippen molar-refractivity contribution in [1.82, 2.24) is 10.2 Å². The Hall–Kier alpha value is -3.54. The van der Waals surface area contributed by atoms with Crippen molar-refractivity contribution in [2.75, 3.05) is 6.79 Å². The lowest BCUT2D eigenvalue weighted by Crippen LogP contribution is -1.92. The summed E-state index contributed by atoms with van der Waals surface area (Å²) < 4.78 is 30.2. The molecule has 0 fully saturated rings. The van der Waals surface area contributed by atoms with Crippen LogP contribution >= 0.6 is 0 Å². The highest BCUT2D eigenvalue weighted by molar-refractivity contribution is 5.94. The number of hydrogen-bond donors (Lipinski definition) is 1. The number of nitrogens with zero attached hydrogens (tertiary/aromatic N) is 1. The van der Waals surface area contributed by atoms with E-state index in [1.807, 2.05) is 24.3 Å². The Labute approximate surface area is 147 Å². The molecule has 4 aromatic rings. The first-order valence-corrected chi connectivity index (χ1v) is 8.08. The maximum atomic E-state index is 13.8. The molecule has 0 aliphatic carbocycles. The van der Waals surface area contributed by atoms with E-state index in [4.69, 9.17) is 14.2 Å². The van der Waals surface area contributed by atoms with Crippen molar-refractivity contribution in [3.63, 3.8) is 0 Å². The number of benzene rings is 3. The molecule has 0 saturated heterocycles. The molecule has 3 aromatic carbocycles. The monoisotopic (exact) mass is 348 g/mol. The normalized spacial score (nSPS) is 12.5. The van der Waals surface area contributed by atoms with Gasteiger partial charge in [0.2, 0.25) is 6.79 Å². The molecule has 0 radical (unpaired) electrons. The van der Waals surface area contributed by atoms with Crippen LogP contribution in [-0.2, 0) is 0 Å². The van der Waals surface area contributed by atoms with Gasteiger partial charge in [0, 0.05) is 17.0 Å².